The highest BCUT2D eigenvalue weighted by molar-refractivity contribution is 5.43. The van der Waals surface area contributed by atoms with Gasteiger partial charge in [-0.15, -0.1) is 10.2 Å². The first-order valence-corrected chi connectivity index (χ1v) is 6.49. The highest BCUT2D eigenvalue weighted by atomic mass is 16.4. The molecule has 1 atom stereocenters. The van der Waals surface area contributed by atoms with E-state index in [4.69, 9.17) is 4.42 Å². The van der Waals surface area contributed by atoms with Crippen molar-refractivity contribution >= 4 is 0 Å². The number of nitrogens with zero attached hydrogens (tertiary/aromatic N) is 2. The van der Waals surface area contributed by atoms with Gasteiger partial charge >= 0.3 is 0 Å². The van der Waals surface area contributed by atoms with E-state index in [1.165, 1.54) is 11.1 Å². The van der Waals surface area contributed by atoms with Gasteiger partial charge in [0, 0.05) is 13.0 Å². The molecule has 1 aromatic carbocycles. The quantitative estimate of drug-likeness (QED) is 0.815. The van der Waals surface area contributed by atoms with Crippen molar-refractivity contribution in [2.75, 3.05) is 13.1 Å². The Labute approximate surface area is 106 Å². The average molecular weight is 243 g/mol. The van der Waals surface area contributed by atoms with E-state index in [0.29, 0.717) is 5.92 Å². The molecule has 18 heavy (non-hydrogen) atoms. The zero-order valence-corrected chi connectivity index (χ0v) is 10.5. The Morgan fingerprint density at radius 3 is 3.06 bits per heavy atom. The van der Waals surface area contributed by atoms with Crippen LogP contribution in [0.3, 0.4) is 0 Å². The molecule has 0 bridgehead atoms. The molecule has 1 unspecified atom stereocenters. The molecule has 0 saturated heterocycles. The number of hydrogen-bond donors (Lipinski definition) is 1. The predicted molar refractivity (Wildman–Crippen MR) is 68.5 cm³/mol. The summed E-state index contributed by atoms with van der Waals surface area (Å²) in [6, 6.07) is 8.44. The minimum Gasteiger partial charge on any atom is -0.425 e. The van der Waals surface area contributed by atoms with E-state index in [1.807, 2.05) is 0 Å². The molecule has 4 heteroatoms. The van der Waals surface area contributed by atoms with E-state index in [2.05, 4.69) is 46.7 Å². The number of aromatic nitrogens is 2. The molecule has 1 aliphatic rings. The molecule has 0 amide bonds. The highest BCUT2D eigenvalue weighted by Gasteiger charge is 2.31. The second-order valence-corrected chi connectivity index (χ2v) is 4.59. The smallest absolute Gasteiger partial charge is 0.224 e. The number of rotatable bonds is 5. The Balaban J connectivity index is 1.68. The zero-order valence-electron chi connectivity index (χ0n) is 10.5. The lowest BCUT2D eigenvalue weighted by Crippen LogP contribution is -2.18. The van der Waals surface area contributed by atoms with Crippen LogP contribution in [0.25, 0.3) is 0 Å². The summed E-state index contributed by atoms with van der Waals surface area (Å²) in [5, 5.41) is 11.5. The molecule has 1 N–H and O–H groups in total. The molecule has 0 saturated carbocycles. The van der Waals surface area contributed by atoms with E-state index < -0.39 is 0 Å². The van der Waals surface area contributed by atoms with E-state index in [1.54, 1.807) is 0 Å². The highest BCUT2D eigenvalue weighted by Crippen LogP contribution is 2.39. The minimum absolute atomic E-state index is 0.307. The molecular formula is C14H17N3O. The molecule has 94 valence electrons. The van der Waals surface area contributed by atoms with Gasteiger partial charge in [0.15, 0.2) is 0 Å². The van der Waals surface area contributed by atoms with Crippen LogP contribution in [0.15, 0.2) is 28.7 Å². The largest absolute Gasteiger partial charge is 0.425 e. The molecule has 1 aliphatic carbocycles. The summed E-state index contributed by atoms with van der Waals surface area (Å²) in [6.07, 6.45) is 1.82. The third-order valence-corrected chi connectivity index (χ3v) is 3.40. The molecule has 0 spiro atoms. The summed E-state index contributed by atoms with van der Waals surface area (Å²) < 4.78 is 5.73. The predicted octanol–water partition coefficient (Wildman–Crippen LogP) is 1.91. The second kappa shape index (κ2) is 4.90. The fourth-order valence-corrected chi connectivity index (χ4v) is 2.36. The Morgan fingerprint density at radius 1 is 1.33 bits per heavy atom. The first-order chi connectivity index (χ1) is 8.88. The molecule has 3 rings (SSSR count). The van der Waals surface area contributed by atoms with Crippen molar-refractivity contribution in [2.24, 2.45) is 0 Å². The number of hydrogen-bond acceptors (Lipinski definition) is 4. The number of likely N-dealkylation sites (N-methyl/N-ethyl adjacent to an activating group) is 1. The zero-order chi connectivity index (χ0) is 12.4. The monoisotopic (exact) mass is 243 g/mol. The maximum Gasteiger partial charge on any atom is 0.224 e. The van der Waals surface area contributed by atoms with E-state index >= 15 is 0 Å². The van der Waals surface area contributed by atoms with Crippen molar-refractivity contribution in [3.05, 3.63) is 47.2 Å². The topological polar surface area (TPSA) is 51.0 Å². The van der Waals surface area contributed by atoms with Crippen LogP contribution in [0.5, 0.6) is 0 Å². The molecule has 0 fully saturated rings. The fraction of sp³-hybridized carbons (Fsp3) is 0.429. The van der Waals surface area contributed by atoms with Crippen LogP contribution in [-0.2, 0) is 12.8 Å². The molecule has 1 heterocycles. The van der Waals surface area contributed by atoms with Crippen molar-refractivity contribution in [2.45, 2.75) is 25.7 Å². The van der Waals surface area contributed by atoms with E-state index in [-0.39, 0.29) is 0 Å². The van der Waals surface area contributed by atoms with Gasteiger partial charge in [-0.2, -0.15) is 0 Å². The molecule has 0 radical (unpaired) electrons. The second-order valence-electron chi connectivity index (χ2n) is 4.59. The van der Waals surface area contributed by atoms with Crippen molar-refractivity contribution in [3.63, 3.8) is 0 Å². The van der Waals surface area contributed by atoms with Gasteiger partial charge < -0.3 is 9.73 Å². The molecule has 2 aromatic rings. The van der Waals surface area contributed by atoms with E-state index in [9.17, 15) is 0 Å². The summed E-state index contributed by atoms with van der Waals surface area (Å²) in [5.74, 6) is 1.80. The average Bonchev–Trinajstić information content (AvgIpc) is 2.80. The number of fused-ring (bicyclic) bond motifs is 1. The van der Waals surface area contributed by atoms with Gasteiger partial charge in [0.05, 0.1) is 5.92 Å². The van der Waals surface area contributed by atoms with Gasteiger partial charge in [0.1, 0.15) is 0 Å². The van der Waals surface area contributed by atoms with Gasteiger partial charge in [0.25, 0.3) is 0 Å². The Hall–Kier alpha value is -1.68. The lowest BCUT2D eigenvalue weighted by Gasteiger charge is -2.26. The molecule has 1 aromatic heterocycles. The number of benzene rings is 1. The van der Waals surface area contributed by atoms with Crippen LogP contribution < -0.4 is 5.32 Å². The summed E-state index contributed by atoms with van der Waals surface area (Å²) in [4.78, 5) is 0. The Bertz CT molecular complexity index is 535. The third kappa shape index (κ3) is 2.04. The Morgan fingerprint density at radius 2 is 2.22 bits per heavy atom. The standard InChI is InChI=1S/C14H17N3O/c1-2-15-8-7-13-16-17-14(18-13)12-9-10-5-3-4-6-11(10)12/h3-6,12,15H,2,7-9H2,1H3. The van der Waals surface area contributed by atoms with Crippen molar-refractivity contribution < 1.29 is 4.42 Å². The van der Waals surface area contributed by atoms with Gasteiger partial charge in [-0.3, -0.25) is 0 Å². The van der Waals surface area contributed by atoms with Gasteiger partial charge in [-0.05, 0) is 24.1 Å². The molecule has 4 nitrogen and oxygen atoms in total. The first kappa shape index (κ1) is 11.4. The normalized spacial score (nSPS) is 17.3. The summed E-state index contributed by atoms with van der Waals surface area (Å²) >= 11 is 0. The van der Waals surface area contributed by atoms with Crippen LogP contribution in [0.4, 0.5) is 0 Å². The SMILES string of the molecule is CCNCCc1nnc(C2Cc3ccccc32)o1. The maximum atomic E-state index is 5.73. The summed E-state index contributed by atoms with van der Waals surface area (Å²) in [6.45, 7) is 3.95. The van der Waals surface area contributed by atoms with Crippen LogP contribution in [0.1, 0.15) is 35.7 Å². The van der Waals surface area contributed by atoms with Crippen LogP contribution >= 0.6 is 0 Å². The lowest BCUT2D eigenvalue weighted by atomic mass is 9.77. The van der Waals surface area contributed by atoms with Crippen molar-refractivity contribution in [1.82, 2.24) is 15.5 Å². The summed E-state index contributed by atoms with van der Waals surface area (Å²) in [5.41, 5.74) is 2.73. The molecule has 0 aliphatic heterocycles. The fourth-order valence-electron chi connectivity index (χ4n) is 2.36. The third-order valence-electron chi connectivity index (χ3n) is 3.40. The minimum atomic E-state index is 0.307. The van der Waals surface area contributed by atoms with Crippen molar-refractivity contribution in [3.8, 4) is 0 Å². The first-order valence-electron chi connectivity index (χ1n) is 6.49. The molecular weight excluding hydrogens is 226 g/mol. The van der Waals surface area contributed by atoms with Crippen LogP contribution in [0.2, 0.25) is 0 Å². The number of nitrogens with one attached hydrogen (secondary N) is 1. The van der Waals surface area contributed by atoms with Crippen molar-refractivity contribution in [1.29, 1.82) is 0 Å². The van der Waals surface area contributed by atoms with Gasteiger partial charge in [-0.25, -0.2) is 0 Å². The van der Waals surface area contributed by atoms with Gasteiger partial charge in [0.2, 0.25) is 11.8 Å². The van der Waals surface area contributed by atoms with Gasteiger partial charge in [-0.1, -0.05) is 31.2 Å². The van der Waals surface area contributed by atoms with Crippen LogP contribution in [-0.4, -0.2) is 23.3 Å². The van der Waals surface area contributed by atoms with Crippen LogP contribution in [0, 0.1) is 0 Å². The summed E-state index contributed by atoms with van der Waals surface area (Å²) in [7, 11) is 0. The maximum absolute atomic E-state index is 5.73. The lowest BCUT2D eigenvalue weighted by molar-refractivity contribution is 0.415. The Kier molecular flexibility index (Phi) is 3.11. The van der Waals surface area contributed by atoms with E-state index in [0.717, 1.165) is 37.7 Å².